The summed E-state index contributed by atoms with van der Waals surface area (Å²) in [6.45, 7) is 5.69. The van der Waals surface area contributed by atoms with Gasteiger partial charge < -0.3 is 10.1 Å². The van der Waals surface area contributed by atoms with Crippen LogP contribution in [0.15, 0.2) is 36.5 Å². The van der Waals surface area contributed by atoms with Crippen LogP contribution in [0, 0.1) is 6.92 Å². The maximum atomic E-state index is 5.99. The maximum Gasteiger partial charge on any atom is 0.130 e. The van der Waals surface area contributed by atoms with E-state index >= 15 is 0 Å². The van der Waals surface area contributed by atoms with Crippen molar-refractivity contribution < 1.29 is 4.74 Å². The third-order valence-electron chi connectivity index (χ3n) is 2.71. The van der Waals surface area contributed by atoms with E-state index in [0.717, 1.165) is 40.9 Å². The van der Waals surface area contributed by atoms with Crippen LogP contribution in [0.4, 0.5) is 0 Å². The fourth-order valence-corrected chi connectivity index (χ4v) is 1.80. The summed E-state index contributed by atoms with van der Waals surface area (Å²) in [6, 6.07) is 9.41. The molecule has 1 aromatic heterocycles. The zero-order valence-corrected chi connectivity index (χ0v) is 11.9. The molecule has 1 aromatic carbocycles. The van der Waals surface area contributed by atoms with Crippen LogP contribution in [-0.4, -0.2) is 11.5 Å². The van der Waals surface area contributed by atoms with Crippen LogP contribution in [-0.2, 0) is 6.54 Å². The van der Waals surface area contributed by atoms with Crippen LogP contribution in [0.5, 0.6) is 11.5 Å². The molecule has 0 aliphatic rings. The van der Waals surface area contributed by atoms with Crippen molar-refractivity contribution >= 4 is 11.6 Å². The molecule has 0 fully saturated rings. The first-order valence-corrected chi connectivity index (χ1v) is 6.66. The largest absolute Gasteiger partial charge is 0.457 e. The summed E-state index contributed by atoms with van der Waals surface area (Å²) in [7, 11) is 0. The monoisotopic (exact) mass is 276 g/mol. The highest BCUT2D eigenvalue weighted by atomic mass is 35.5. The van der Waals surface area contributed by atoms with Gasteiger partial charge >= 0.3 is 0 Å². The first-order chi connectivity index (χ1) is 9.19. The molecule has 0 atom stereocenters. The molecule has 0 radical (unpaired) electrons. The first-order valence-electron chi connectivity index (χ1n) is 6.28. The minimum atomic E-state index is 0.743. The molecule has 2 aromatic rings. The lowest BCUT2D eigenvalue weighted by Crippen LogP contribution is -2.12. The van der Waals surface area contributed by atoms with E-state index < -0.39 is 0 Å². The second-order valence-electron chi connectivity index (χ2n) is 4.28. The lowest BCUT2D eigenvalue weighted by molar-refractivity contribution is 0.480. The van der Waals surface area contributed by atoms with Crippen molar-refractivity contribution in [3.63, 3.8) is 0 Å². The Morgan fingerprint density at radius 2 is 2.00 bits per heavy atom. The standard InChI is InChI=1S/C15H17ClN2O/c1-3-17-10-12-9-14(6-7-18-12)19-13-4-5-15(16)11(2)8-13/h4-9,17H,3,10H2,1-2H3. The molecule has 1 N–H and O–H groups in total. The highest BCUT2D eigenvalue weighted by Gasteiger charge is 2.02. The Bertz CT molecular complexity index is 558. The predicted octanol–water partition coefficient (Wildman–Crippen LogP) is 3.95. The minimum absolute atomic E-state index is 0.743. The van der Waals surface area contributed by atoms with Gasteiger partial charge in [0.2, 0.25) is 0 Å². The lowest BCUT2D eigenvalue weighted by Gasteiger charge is -2.08. The molecule has 0 aliphatic heterocycles. The van der Waals surface area contributed by atoms with E-state index in [1.165, 1.54) is 0 Å². The van der Waals surface area contributed by atoms with E-state index in [1.54, 1.807) is 6.20 Å². The summed E-state index contributed by atoms with van der Waals surface area (Å²) in [5.74, 6) is 1.56. The molecule has 0 saturated carbocycles. The summed E-state index contributed by atoms with van der Waals surface area (Å²) >= 11 is 5.99. The quantitative estimate of drug-likeness (QED) is 0.898. The van der Waals surface area contributed by atoms with E-state index in [9.17, 15) is 0 Å². The number of rotatable bonds is 5. The Balaban J connectivity index is 2.11. The molecule has 19 heavy (non-hydrogen) atoms. The van der Waals surface area contributed by atoms with Gasteiger partial charge in [0.25, 0.3) is 0 Å². The van der Waals surface area contributed by atoms with Gasteiger partial charge in [-0.15, -0.1) is 0 Å². The number of hydrogen-bond acceptors (Lipinski definition) is 3. The molecule has 0 aliphatic carbocycles. The molecule has 0 unspecified atom stereocenters. The van der Waals surface area contributed by atoms with E-state index in [-0.39, 0.29) is 0 Å². The van der Waals surface area contributed by atoms with Gasteiger partial charge in [0.05, 0.1) is 5.69 Å². The molecule has 0 bridgehead atoms. The van der Waals surface area contributed by atoms with Crippen LogP contribution < -0.4 is 10.1 Å². The number of aromatic nitrogens is 1. The third kappa shape index (κ3) is 3.94. The predicted molar refractivity (Wildman–Crippen MR) is 77.9 cm³/mol. The summed E-state index contributed by atoms with van der Waals surface area (Å²) in [4.78, 5) is 4.29. The lowest BCUT2D eigenvalue weighted by atomic mass is 10.2. The van der Waals surface area contributed by atoms with Crippen molar-refractivity contribution in [2.75, 3.05) is 6.54 Å². The van der Waals surface area contributed by atoms with Crippen LogP contribution in [0.1, 0.15) is 18.2 Å². The summed E-state index contributed by atoms with van der Waals surface area (Å²) in [6.07, 6.45) is 1.75. The average Bonchev–Trinajstić information content (AvgIpc) is 2.41. The van der Waals surface area contributed by atoms with E-state index in [1.807, 2.05) is 37.3 Å². The van der Waals surface area contributed by atoms with Crippen molar-refractivity contribution in [1.29, 1.82) is 0 Å². The Morgan fingerprint density at radius 1 is 1.21 bits per heavy atom. The molecule has 3 nitrogen and oxygen atoms in total. The smallest absolute Gasteiger partial charge is 0.130 e. The van der Waals surface area contributed by atoms with Crippen molar-refractivity contribution in [3.8, 4) is 11.5 Å². The summed E-state index contributed by atoms with van der Waals surface area (Å²) in [5, 5.41) is 3.98. The third-order valence-corrected chi connectivity index (χ3v) is 3.13. The number of ether oxygens (including phenoxy) is 1. The Morgan fingerprint density at radius 3 is 2.74 bits per heavy atom. The molecule has 1 heterocycles. The molecule has 100 valence electrons. The van der Waals surface area contributed by atoms with E-state index in [2.05, 4.69) is 17.2 Å². The molecule has 4 heteroatoms. The zero-order chi connectivity index (χ0) is 13.7. The number of benzene rings is 1. The van der Waals surface area contributed by atoms with Crippen molar-refractivity contribution in [2.45, 2.75) is 20.4 Å². The summed E-state index contributed by atoms with van der Waals surface area (Å²) < 4.78 is 5.81. The number of pyridine rings is 1. The van der Waals surface area contributed by atoms with Gasteiger partial charge in [0.1, 0.15) is 11.5 Å². The number of nitrogens with one attached hydrogen (secondary N) is 1. The average molecular weight is 277 g/mol. The Kier molecular flexibility index (Phi) is 4.77. The van der Waals surface area contributed by atoms with E-state index in [0.29, 0.717) is 0 Å². The van der Waals surface area contributed by atoms with Gasteiger partial charge in [0.15, 0.2) is 0 Å². The van der Waals surface area contributed by atoms with Crippen molar-refractivity contribution in [1.82, 2.24) is 10.3 Å². The minimum Gasteiger partial charge on any atom is -0.457 e. The molecule has 0 amide bonds. The second kappa shape index (κ2) is 6.55. The van der Waals surface area contributed by atoms with Gasteiger partial charge in [0, 0.05) is 23.8 Å². The maximum absolute atomic E-state index is 5.99. The number of halogens is 1. The van der Waals surface area contributed by atoms with Crippen LogP contribution in [0.25, 0.3) is 0 Å². The molecular formula is C15H17ClN2O. The topological polar surface area (TPSA) is 34.1 Å². The normalized spacial score (nSPS) is 10.5. The molecule has 0 spiro atoms. The number of hydrogen-bond donors (Lipinski definition) is 1. The highest BCUT2D eigenvalue weighted by molar-refractivity contribution is 6.31. The second-order valence-corrected chi connectivity index (χ2v) is 4.68. The molecule has 2 rings (SSSR count). The van der Waals surface area contributed by atoms with Crippen molar-refractivity contribution in [3.05, 3.63) is 52.8 Å². The number of nitrogens with zero attached hydrogens (tertiary/aromatic N) is 1. The first kappa shape index (κ1) is 13.8. The molecule has 0 saturated heterocycles. The Hall–Kier alpha value is -1.58. The van der Waals surface area contributed by atoms with Gasteiger partial charge in [-0.2, -0.15) is 0 Å². The fourth-order valence-electron chi connectivity index (χ4n) is 1.69. The van der Waals surface area contributed by atoms with Gasteiger partial charge in [-0.05, 0) is 43.3 Å². The van der Waals surface area contributed by atoms with Crippen molar-refractivity contribution in [2.24, 2.45) is 0 Å². The van der Waals surface area contributed by atoms with Gasteiger partial charge in [-0.25, -0.2) is 0 Å². The van der Waals surface area contributed by atoms with Crippen LogP contribution in [0.2, 0.25) is 5.02 Å². The fraction of sp³-hybridized carbons (Fsp3) is 0.267. The highest BCUT2D eigenvalue weighted by Crippen LogP contribution is 2.25. The van der Waals surface area contributed by atoms with Crippen LogP contribution in [0.3, 0.4) is 0 Å². The SMILES string of the molecule is CCNCc1cc(Oc2ccc(Cl)c(C)c2)ccn1. The number of aryl methyl sites for hydroxylation is 1. The van der Waals surface area contributed by atoms with Crippen LogP contribution >= 0.6 is 11.6 Å². The van der Waals surface area contributed by atoms with E-state index in [4.69, 9.17) is 16.3 Å². The van der Waals surface area contributed by atoms with Gasteiger partial charge in [-0.3, -0.25) is 4.98 Å². The zero-order valence-electron chi connectivity index (χ0n) is 11.1. The Labute approximate surface area is 118 Å². The molecular weight excluding hydrogens is 260 g/mol. The summed E-state index contributed by atoms with van der Waals surface area (Å²) in [5.41, 5.74) is 1.96. The van der Waals surface area contributed by atoms with Gasteiger partial charge in [-0.1, -0.05) is 18.5 Å².